The quantitative estimate of drug-likeness (QED) is 0.784. The highest BCUT2D eigenvalue weighted by Gasteiger charge is 2.15. The first-order valence-electron chi connectivity index (χ1n) is 6.51. The lowest BCUT2D eigenvalue weighted by molar-refractivity contribution is 0.627. The van der Waals surface area contributed by atoms with Gasteiger partial charge in [-0.25, -0.2) is 4.68 Å². The monoisotopic (exact) mass is 268 g/mol. The number of hydrogen-bond acceptors (Lipinski definition) is 5. The minimum absolute atomic E-state index is 0.170. The molecule has 0 aliphatic carbocycles. The molecule has 0 saturated heterocycles. The van der Waals surface area contributed by atoms with Crippen molar-refractivity contribution < 1.29 is 0 Å². The number of rotatable bonds is 3. The molecule has 1 unspecified atom stereocenters. The Kier molecular flexibility index (Phi) is 3.15. The van der Waals surface area contributed by atoms with Crippen molar-refractivity contribution in [2.75, 3.05) is 7.05 Å². The molecule has 2 heterocycles. The molecule has 1 atom stereocenters. The van der Waals surface area contributed by atoms with Gasteiger partial charge in [0, 0.05) is 12.4 Å². The van der Waals surface area contributed by atoms with Crippen molar-refractivity contribution in [3.05, 3.63) is 42.0 Å². The van der Waals surface area contributed by atoms with Crippen LogP contribution in [0.2, 0.25) is 0 Å². The van der Waals surface area contributed by atoms with E-state index >= 15 is 0 Å². The molecule has 1 aromatic carbocycles. The molecular formula is C14H16N6. The molecule has 0 radical (unpaired) electrons. The summed E-state index contributed by atoms with van der Waals surface area (Å²) in [6, 6.07) is 6.06. The van der Waals surface area contributed by atoms with Crippen LogP contribution in [0.3, 0.4) is 0 Å². The van der Waals surface area contributed by atoms with Crippen LogP contribution in [0.25, 0.3) is 16.7 Å². The molecule has 6 heteroatoms. The Morgan fingerprint density at radius 2 is 1.90 bits per heavy atom. The number of nitrogens with one attached hydrogen (secondary N) is 1. The molecule has 20 heavy (non-hydrogen) atoms. The first-order chi connectivity index (χ1) is 9.70. The van der Waals surface area contributed by atoms with Crippen LogP contribution in [-0.2, 0) is 0 Å². The van der Waals surface area contributed by atoms with Gasteiger partial charge in [-0.05, 0) is 39.1 Å². The van der Waals surface area contributed by atoms with Crippen molar-refractivity contribution in [3.8, 4) is 5.69 Å². The standard InChI is InChI=1S/C14H16N6/c1-9(15-3)14-10(2)20(19-18-14)11-4-5-12-13(8-11)17-7-6-16-12/h4-9,15H,1-3H3. The third-order valence-electron chi connectivity index (χ3n) is 3.47. The fraction of sp³-hybridized carbons (Fsp3) is 0.286. The molecule has 0 amide bonds. The summed E-state index contributed by atoms with van der Waals surface area (Å²) < 4.78 is 1.83. The van der Waals surface area contributed by atoms with Crippen LogP contribution in [-0.4, -0.2) is 32.0 Å². The van der Waals surface area contributed by atoms with E-state index < -0.39 is 0 Å². The van der Waals surface area contributed by atoms with Crippen molar-refractivity contribution in [3.63, 3.8) is 0 Å². The van der Waals surface area contributed by atoms with Crippen molar-refractivity contribution in [1.29, 1.82) is 0 Å². The van der Waals surface area contributed by atoms with Gasteiger partial charge in [-0.2, -0.15) is 0 Å². The van der Waals surface area contributed by atoms with Crippen LogP contribution in [0.15, 0.2) is 30.6 Å². The molecule has 6 nitrogen and oxygen atoms in total. The van der Waals surface area contributed by atoms with Gasteiger partial charge in [-0.3, -0.25) is 9.97 Å². The molecular weight excluding hydrogens is 252 g/mol. The predicted octanol–water partition coefficient (Wildman–Crippen LogP) is 1.80. The third kappa shape index (κ3) is 2.04. The van der Waals surface area contributed by atoms with Gasteiger partial charge in [-0.15, -0.1) is 5.10 Å². The summed E-state index contributed by atoms with van der Waals surface area (Å²) in [5.41, 5.74) is 4.64. The molecule has 1 N–H and O–H groups in total. The Morgan fingerprint density at radius 3 is 2.65 bits per heavy atom. The zero-order chi connectivity index (χ0) is 14.1. The summed E-state index contributed by atoms with van der Waals surface area (Å²) >= 11 is 0. The maximum Gasteiger partial charge on any atom is 0.103 e. The van der Waals surface area contributed by atoms with Crippen molar-refractivity contribution in [2.45, 2.75) is 19.9 Å². The summed E-state index contributed by atoms with van der Waals surface area (Å²) in [6.07, 6.45) is 3.38. The lowest BCUT2D eigenvalue weighted by Crippen LogP contribution is -2.14. The predicted molar refractivity (Wildman–Crippen MR) is 76.7 cm³/mol. The number of benzene rings is 1. The molecule has 102 valence electrons. The van der Waals surface area contributed by atoms with Gasteiger partial charge in [0.25, 0.3) is 0 Å². The molecule has 0 bridgehead atoms. The van der Waals surface area contributed by atoms with E-state index in [4.69, 9.17) is 0 Å². The van der Waals surface area contributed by atoms with E-state index in [1.165, 1.54) is 0 Å². The van der Waals surface area contributed by atoms with Gasteiger partial charge >= 0.3 is 0 Å². The zero-order valence-corrected chi connectivity index (χ0v) is 11.7. The molecule has 3 rings (SSSR count). The summed E-state index contributed by atoms with van der Waals surface area (Å²) in [7, 11) is 1.91. The Morgan fingerprint density at radius 1 is 1.15 bits per heavy atom. The van der Waals surface area contributed by atoms with Gasteiger partial charge < -0.3 is 5.32 Å². The smallest absolute Gasteiger partial charge is 0.103 e. The lowest BCUT2D eigenvalue weighted by Gasteiger charge is -2.08. The molecule has 0 aliphatic rings. The van der Waals surface area contributed by atoms with E-state index in [0.717, 1.165) is 28.1 Å². The molecule has 0 saturated carbocycles. The van der Waals surface area contributed by atoms with Crippen LogP contribution in [0.1, 0.15) is 24.4 Å². The lowest BCUT2D eigenvalue weighted by atomic mass is 10.2. The minimum Gasteiger partial charge on any atom is -0.312 e. The number of hydrogen-bond donors (Lipinski definition) is 1. The maximum absolute atomic E-state index is 4.32. The molecule has 0 fully saturated rings. The Balaban J connectivity index is 2.09. The third-order valence-corrected chi connectivity index (χ3v) is 3.47. The average Bonchev–Trinajstić information content (AvgIpc) is 2.87. The number of fused-ring (bicyclic) bond motifs is 1. The molecule has 3 aromatic rings. The molecule has 0 spiro atoms. The summed E-state index contributed by atoms with van der Waals surface area (Å²) in [5, 5.41) is 11.7. The topological polar surface area (TPSA) is 68.5 Å². The van der Waals surface area contributed by atoms with Gasteiger partial charge in [0.2, 0.25) is 0 Å². The number of aromatic nitrogens is 5. The van der Waals surface area contributed by atoms with Gasteiger partial charge in [-0.1, -0.05) is 5.21 Å². The van der Waals surface area contributed by atoms with Crippen molar-refractivity contribution >= 4 is 11.0 Å². The number of nitrogens with zero attached hydrogens (tertiary/aromatic N) is 5. The van der Waals surface area contributed by atoms with E-state index in [2.05, 4.69) is 32.5 Å². The second-order valence-electron chi connectivity index (χ2n) is 4.71. The Bertz CT molecular complexity index is 748. The van der Waals surface area contributed by atoms with E-state index in [0.29, 0.717) is 0 Å². The fourth-order valence-electron chi connectivity index (χ4n) is 2.21. The highest BCUT2D eigenvalue weighted by Crippen LogP contribution is 2.19. The van der Waals surface area contributed by atoms with E-state index in [9.17, 15) is 0 Å². The van der Waals surface area contributed by atoms with Gasteiger partial charge in [0.05, 0.1) is 28.5 Å². The summed E-state index contributed by atoms with van der Waals surface area (Å²) in [6.45, 7) is 4.08. The van der Waals surface area contributed by atoms with Crippen LogP contribution < -0.4 is 5.32 Å². The van der Waals surface area contributed by atoms with Crippen LogP contribution >= 0.6 is 0 Å². The van der Waals surface area contributed by atoms with Gasteiger partial charge in [0.15, 0.2) is 0 Å². The minimum atomic E-state index is 0.170. The van der Waals surface area contributed by atoms with E-state index in [1.54, 1.807) is 12.4 Å². The van der Waals surface area contributed by atoms with Crippen LogP contribution in [0, 0.1) is 6.92 Å². The second-order valence-corrected chi connectivity index (χ2v) is 4.71. The average molecular weight is 268 g/mol. The van der Waals surface area contributed by atoms with Crippen LogP contribution in [0.5, 0.6) is 0 Å². The second kappa shape index (κ2) is 4.97. The largest absolute Gasteiger partial charge is 0.312 e. The van der Waals surface area contributed by atoms with E-state index in [-0.39, 0.29) is 6.04 Å². The fourth-order valence-corrected chi connectivity index (χ4v) is 2.21. The SMILES string of the molecule is CNC(C)c1nnn(-c2ccc3nccnc3c2)c1C. The first-order valence-corrected chi connectivity index (χ1v) is 6.51. The first kappa shape index (κ1) is 12.7. The zero-order valence-electron chi connectivity index (χ0n) is 11.7. The Labute approximate surface area is 116 Å². The Hall–Kier alpha value is -2.34. The summed E-state index contributed by atoms with van der Waals surface area (Å²) in [4.78, 5) is 8.59. The highest BCUT2D eigenvalue weighted by atomic mass is 15.4. The van der Waals surface area contributed by atoms with Crippen LogP contribution in [0.4, 0.5) is 0 Å². The van der Waals surface area contributed by atoms with Gasteiger partial charge in [0.1, 0.15) is 5.69 Å². The summed E-state index contributed by atoms with van der Waals surface area (Å²) in [5.74, 6) is 0. The maximum atomic E-state index is 4.32. The van der Waals surface area contributed by atoms with E-state index in [1.807, 2.05) is 36.9 Å². The molecule has 0 aliphatic heterocycles. The van der Waals surface area contributed by atoms with Crippen molar-refractivity contribution in [2.24, 2.45) is 0 Å². The van der Waals surface area contributed by atoms with Crippen molar-refractivity contribution in [1.82, 2.24) is 30.3 Å². The molecule has 2 aromatic heterocycles. The highest BCUT2D eigenvalue weighted by molar-refractivity contribution is 5.76. The normalized spacial score (nSPS) is 12.8.